The number of carbonyl (C=O) groups is 1. The minimum Gasteiger partial charge on any atom is -0.356 e. The number of benzene rings is 2. The Labute approximate surface area is 134 Å². The third-order valence-electron chi connectivity index (χ3n) is 3.78. The Balaban J connectivity index is 1.47. The molecule has 23 heavy (non-hydrogen) atoms. The van der Waals surface area contributed by atoms with Gasteiger partial charge in [-0.05, 0) is 30.2 Å². The lowest BCUT2D eigenvalue weighted by Gasteiger charge is -2.07. The van der Waals surface area contributed by atoms with Crippen molar-refractivity contribution in [2.45, 2.75) is 19.4 Å². The van der Waals surface area contributed by atoms with Crippen LogP contribution in [0.3, 0.4) is 0 Å². The van der Waals surface area contributed by atoms with Crippen molar-refractivity contribution in [1.29, 1.82) is 0 Å². The van der Waals surface area contributed by atoms with Gasteiger partial charge in [0.2, 0.25) is 5.91 Å². The molecule has 0 radical (unpaired) electrons. The first-order chi connectivity index (χ1) is 11.2. The normalized spacial score (nSPS) is 10.8. The Morgan fingerprint density at radius 1 is 1.13 bits per heavy atom. The summed E-state index contributed by atoms with van der Waals surface area (Å²) in [7, 11) is 0. The standard InChI is InChI=1S/C18H18FN3O/c19-15-6-2-1-5-14(15)9-11-20-18(23)10-12-22-13-21-16-7-3-4-8-17(16)22/h1-8,13H,9-12H2,(H,20,23). The van der Waals surface area contributed by atoms with Crippen molar-refractivity contribution in [3.63, 3.8) is 0 Å². The number of carbonyl (C=O) groups excluding carboxylic acids is 1. The van der Waals surface area contributed by atoms with Crippen molar-refractivity contribution >= 4 is 16.9 Å². The number of fused-ring (bicyclic) bond motifs is 1. The summed E-state index contributed by atoms with van der Waals surface area (Å²) in [6, 6.07) is 14.4. The van der Waals surface area contributed by atoms with Gasteiger partial charge in [0.15, 0.2) is 0 Å². The summed E-state index contributed by atoms with van der Waals surface area (Å²) < 4.78 is 15.4. The van der Waals surface area contributed by atoms with Gasteiger partial charge in [-0.3, -0.25) is 4.79 Å². The van der Waals surface area contributed by atoms with Gasteiger partial charge < -0.3 is 9.88 Å². The van der Waals surface area contributed by atoms with Crippen LogP contribution in [0.5, 0.6) is 0 Å². The van der Waals surface area contributed by atoms with Gasteiger partial charge in [0, 0.05) is 19.5 Å². The Kier molecular flexibility index (Phi) is 4.66. The average molecular weight is 311 g/mol. The van der Waals surface area contributed by atoms with Gasteiger partial charge in [0.05, 0.1) is 17.4 Å². The van der Waals surface area contributed by atoms with Gasteiger partial charge in [-0.25, -0.2) is 9.37 Å². The van der Waals surface area contributed by atoms with Crippen LogP contribution < -0.4 is 5.32 Å². The minimum absolute atomic E-state index is 0.0425. The van der Waals surface area contributed by atoms with Crippen molar-refractivity contribution in [3.8, 4) is 0 Å². The monoisotopic (exact) mass is 311 g/mol. The van der Waals surface area contributed by atoms with E-state index < -0.39 is 0 Å². The maximum Gasteiger partial charge on any atom is 0.221 e. The Bertz CT molecular complexity index is 813. The molecule has 3 aromatic rings. The highest BCUT2D eigenvalue weighted by Gasteiger charge is 2.06. The summed E-state index contributed by atoms with van der Waals surface area (Å²) in [6.45, 7) is 1.01. The second-order valence-electron chi connectivity index (χ2n) is 5.37. The number of aryl methyl sites for hydroxylation is 1. The van der Waals surface area contributed by atoms with E-state index in [0.717, 1.165) is 11.0 Å². The molecular weight excluding hydrogens is 293 g/mol. The minimum atomic E-state index is -0.230. The molecule has 0 saturated heterocycles. The van der Waals surface area contributed by atoms with E-state index in [-0.39, 0.29) is 11.7 Å². The zero-order chi connectivity index (χ0) is 16.1. The molecule has 0 aliphatic heterocycles. The molecule has 1 amide bonds. The Hall–Kier alpha value is -2.69. The lowest BCUT2D eigenvalue weighted by atomic mass is 10.1. The zero-order valence-corrected chi connectivity index (χ0v) is 12.7. The Morgan fingerprint density at radius 3 is 2.78 bits per heavy atom. The SMILES string of the molecule is O=C(CCn1cnc2ccccc21)NCCc1ccccc1F. The first kappa shape index (κ1) is 15.2. The molecule has 118 valence electrons. The van der Waals surface area contributed by atoms with Gasteiger partial charge in [0.1, 0.15) is 5.82 Å². The number of hydrogen-bond donors (Lipinski definition) is 1. The van der Waals surface area contributed by atoms with E-state index in [1.807, 2.05) is 28.8 Å². The second kappa shape index (κ2) is 7.05. The van der Waals surface area contributed by atoms with Gasteiger partial charge in [-0.1, -0.05) is 30.3 Å². The predicted molar refractivity (Wildman–Crippen MR) is 87.5 cm³/mol. The highest BCUT2D eigenvalue weighted by molar-refractivity contribution is 5.77. The van der Waals surface area contributed by atoms with Crippen molar-refractivity contribution in [1.82, 2.24) is 14.9 Å². The topological polar surface area (TPSA) is 46.9 Å². The van der Waals surface area contributed by atoms with Gasteiger partial charge in [0.25, 0.3) is 0 Å². The molecule has 1 N–H and O–H groups in total. The number of halogens is 1. The number of nitrogens with zero attached hydrogens (tertiary/aromatic N) is 2. The van der Waals surface area contributed by atoms with Gasteiger partial charge >= 0.3 is 0 Å². The van der Waals surface area contributed by atoms with Crippen LogP contribution in [-0.2, 0) is 17.8 Å². The third kappa shape index (κ3) is 3.74. The number of imidazole rings is 1. The first-order valence-electron chi connectivity index (χ1n) is 7.64. The third-order valence-corrected chi connectivity index (χ3v) is 3.78. The fraction of sp³-hybridized carbons (Fsp3) is 0.222. The van der Waals surface area contributed by atoms with Crippen molar-refractivity contribution in [2.75, 3.05) is 6.54 Å². The quantitative estimate of drug-likeness (QED) is 0.761. The Morgan fingerprint density at radius 2 is 1.91 bits per heavy atom. The number of nitrogens with one attached hydrogen (secondary N) is 1. The summed E-state index contributed by atoms with van der Waals surface area (Å²) in [5, 5.41) is 2.83. The van der Waals surface area contributed by atoms with E-state index in [1.54, 1.807) is 24.5 Å². The van der Waals surface area contributed by atoms with Crippen LogP contribution in [0.25, 0.3) is 11.0 Å². The van der Waals surface area contributed by atoms with Crippen LogP contribution in [0.2, 0.25) is 0 Å². The van der Waals surface area contributed by atoms with Crippen molar-refractivity contribution in [2.24, 2.45) is 0 Å². The maximum absolute atomic E-state index is 13.5. The lowest BCUT2D eigenvalue weighted by Crippen LogP contribution is -2.26. The molecule has 1 aromatic heterocycles. The van der Waals surface area contributed by atoms with Crippen molar-refractivity contribution < 1.29 is 9.18 Å². The summed E-state index contributed by atoms with van der Waals surface area (Å²) in [6.07, 6.45) is 2.61. The first-order valence-corrected chi connectivity index (χ1v) is 7.64. The predicted octanol–water partition coefficient (Wildman–Crippen LogP) is 2.92. The molecule has 0 bridgehead atoms. The molecular formula is C18H18FN3O. The van der Waals surface area contributed by atoms with Crippen LogP contribution in [0.1, 0.15) is 12.0 Å². The molecule has 0 unspecified atom stereocenters. The highest BCUT2D eigenvalue weighted by Crippen LogP contribution is 2.12. The highest BCUT2D eigenvalue weighted by atomic mass is 19.1. The zero-order valence-electron chi connectivity index (χ0n) is 12.7. The van der Waals surface area contributed by atoms with Crippen LogP contribution in [-0.4, -0.2) is 22.0 Å². The van der Waals surface area contributed by atoms with E-state index in [0.29, 0.717) is 31.5 Å². The van der Waals surface area contributed by atoms with E-state index in [2.05, 4.69) is 10.3 Å². The molecule has 0 aliphatic rings. The molecule has 1 heterocycles. The van der Waals surface area contributed by atoms with Crippen LogP contribution >= 0.6 is 0 Å². The lowest BCUT2D eigenvalue weighted by molar-refractivity contribution is -0.121. The summed E-state index contributed by atoms with van der Waals surface area (Å²) >= 11 is 0. The molecule has 5 heteroatoms. The fourth-order valence-electron chi connectivity index (χ4n) is 2.54. The van der Waals surface area contributed by atoms with E-state index in [9.17, 15) is 9.18 Å². The smallest absolute Gasteiger partial charge is 0.221 e. The largest absolute Gasteiger partial charge is 0.356 e. The summed E-state index contributed by atoms with van der Waals surface area (Å²) in [4.78, 5) is 16.2. The van der Waals surface area contributed by atoms with Gasteiger partial charge in [-0.2, -0.15) is 0 Å². The van der Waals surface area contributed by atoms with Crippen molar-refractivity contribution in [3.05, 3.63) is 66.2 Å². The van der Waals surface area contributed by atoms with Gasteiger partial charge in [-0.15, -0.1) is 0 Å². The van der Waals surface area contributed by atoms with Crippen LogP contribution in [0.15, 0.2) is 54.9 Å². The average Bonchev–Trinajstić information content (AvgIpc) is 2.98. The van der Waals surface area contributed by atoms with Crippen LogP contribution in [0, 0.1) is 5.82 Å². The summed E-state index contributed by atoms with van der Waals surface area (Å²) in [5.41, 5.74) is 2.56. The molecule has 3 rings (SSSR count). The van der Waals surface area contributed by atoms with Crippen LogP contribution in [0.4, 0.5) is 4.39 Å². The molecule has 0 spiro atoms. The summed E-state index contributed by atoms with van der Waals surface area (Å²) in [5.74, 6) is -0.272. The number of rotatable bonds is 6. The van der Waals surface area contributed by atoms with E-state index in [4.69, 9.17) is 0 Å². The molecule has 0 aliphatic carbocycles. The maximum atomic E-state index is 13.5. The second-order valence-corrected chi connectivity index (χ2v) is 5.37. The molecule has 0 saturated carbocycles. The molecule has 0 fully saturated rings. The van der Waals surface area contributed by atoms with E-state index >= 15 is 0 Å². The molecule has 2 aromatic carbocycles. The number of para-hydroxylation sites is 2. The van der Waals surface area contributed by atoms with E-state index in [1.165, 1.54) is 6.07 Å². The number of amides is 1. The fourth-order valence-corrected chi connectivity index (χ4v) is 2.54. The number of aromatic nitrogens is 2. The number of hydrogen-bond acceptors (Lipinski definition) is 2. The molecule has 0 atom stereocenters. The molecule has 4 nitrogen and oxygen atoms in total.